The molecule has 0 aliphatic carbocycles. The summed E-state index contributed by atoms with van der Waals surface area (Å²) in [7, 11) is -3.41. The van der Waals surface area contributed by atoms with Crippen LogP contribution in [0.2, 0.25) is 0 Å². The molecule has 1 aromatic carbocycles. The summed E-state index contributed by atoms with van der Waals surface area (Å²) in [6.07, 6.45) is 3.02. The summed E-state index contributed by atoms with van der Waals surface area (Å²) in [6.45, 7) is 6.07. The van der Waals surface area contributed by atoms with E-state index in [9.17, 15) is 8.42 Å². The zero-order valence-corrected chi connectivity index (χ0v) is 14.0. The molecule has 0 bridgehead atoms. The molecule has 4 nitrogen and oxygen atoms in total. The maximum atomic E-state index is 12.3. The molecular weight excluding hydrogens is 292 g/mol. The van der Waals surface area contributed by atoms with Crippen LogP contribution in [0, 0.1) is 6.92 Å². The first-order valence-electron chi connectivity index (χ1n) is 6.80. The van der Waals surface area contributed by atoms with E-state index >= 15 is 0 Å². The van der Waals surface area contributed by atoms with E-state index in [1.165, 1.54) is 0 Å². The second-order valence-corrected chi connectivity index (χ2v) is 7.33. The summed E-state index contributed by atoms with van der Waals surface area (Å²) in [4.78, 5) is 0.384. The van der Waals surface area contributed by atoms with Gasteiger partial charge in [0.05, 0.1) is 4.90 Å². The minimum Gasteiger partial charge on any atom is -0.313 e. The fraction of sp³-hybridized carbons (Fsp3) is 0.571. The highest BCUT2D eigenvalue weighted by Gasteiger charge is 2.17. The van der Waals surface area contributed by atoms with E-state index in [2.05, 4.69) is 17.0 Å². The van der Waals surface area contributed by atoms with Gasteiger partial charge in [0.25, 0.3) is 0 Å². The third-order valence-electron chi connectivity index (χ3n) is 3.03. The van der Waals surface area contributed by atoms with Gasteiger partial charge in [0.2, 0.25) is 10.0 Å². The summed E-state index contributed by atoms with van der Waals surface area (Å²) >= 11 is 1.62. The highest BCUT2D eigenvalue weighted by Crippen LogP contribution is 2.18. The second-order valence-electron chi connectivity index (χ2n) is 4.61. The molecule has 1 aromatic rings. The molecule has 0 unspecified atom stereocenters. The van der Waals surface area contributed by atoms with E-state index in [4.69, 9.17) is 0 Å². The number of sulfonamides is 1. The molecular formula is C14H24N2O2S2. The van der Waals surface area contributed by atoms with Crippen LogP contribution in [0.3, 0.4) is 0 Å². The SMILES string of the molecule is CCCNCc1cccc(S(=O)(=O)NCCSC)c1C. The highest BCUT2D eigenvalue weighted by atomic mass is 32.2. The average Bonchev–Trinajstić information content (AvgIpc) is 2.41. The molecule has 0 fully saturated rings. The number of hydrogen-bond acceptors (Lipinski definition) is 4. The summed E-state index contributed by atoms with van der Waals surface area (Å²) < 4.78 is 27.2. The maximum Gasteiger partial charge on any atom is 0.240 e. The number of hydrogen-bond donors (Lipinski definition) is 2. The van der Waals surface area contributed by atoms with Crippen molar-refractivity contribution in [3.63, 3.8) is 0 Å². The molecule has 0 saturated carbocycles. The summed E-state index contributed by atoms with van der Waals surface area (Å²) in [5.41, 5.74) is 1.86. The van der Waals surface area contributed by atoms with E-state index < -0.39 is 10.0 Å². The minimum atomic E-state index is -3.41. The van der Waals surface area contributed by atoms with Gasteiger partial charge in [-0.1, -0.05) is 19.1 Å². The molecule has 0 spiro atoms. The second kappa shape index (κ2) is 8.67. The van der Waals surface area contributed by atoms with Gasteiger partial charge in [0.15, 0.2) is 0 Å². The van der Waals surface area contributed by atoms with Gasteiger partial charge >= 0.3 is 0 Å². The van der Waals surface area contributed by atoms with Gasteiger partial charge in [-0.2, -0.15) is 11.8 Å². The van der Waals surface area contributed by atoms with Crippen LogP contribution >= 0.6 is 11.8 Å². The molecule has 0 aliphatic heterocycles. The van der Waals surface area contributed by atoms with Gasteiger partial charge in [-0.3, -0.25) is 0 Å². The van der Waals surface area contributed by atoms with Gasteiger partial charge in [-0.25, -0.2) is 13.1 Å². The first-order valence-corrected chi connectivity index (χ1v) is 9.68. The van der Waals surface area contributed by atoms with Gasteiger partial charge in [-0.05, 0) is 43.3 Å². The van der Waals surface area contributed by atoms with Crippen LogP contribution in [0.15, 0.2) is 23.1 Å². The molecule has 0 aromatic heterocycles. The van der Waals surface area contributed by atoms with Gasteiger partial charge in [0, 0.05) is 18.8 Å². The van der Waals surface area contributed by atoms with Gasteiger partial charge in [0.1, 0.15) is 0 Å². The van der Waals surface area contributed by atoms with Crippen LogP contribution in [0.1, 0.15) is 24.5 Å². The molecule has 0 aliphatic rings. The third kappa shape index (κ3) is 5.09. The van der Waals surface area contributed by atoms with Crippen molar-refractivity contribution in [1.82, 2.24) is 10.0 Å². The molecule has 114 valence electrons. The fourth-order valence-corrected chi connectivity index (χ4v) is 3.65. The van der Waals surface area contributed by atoms with E-state index in [1.54, 1.807) is 23.9 Å². The topological polar surface area (TPSA) is 58.2 Å². The zero-order chi connectivity index (χ0) is 15.0. The van der Waals surface area contributed by atoms with E-state index in [0.29, 0.717) is 18.0 Å². The standard InChI is InChI=1S/C14H24N2O2S2/c1-4-8-15-11-13-6-5-7-14(12(13)2)20(17,18)16-9-10-19-3/h5-7,15-16H,4,8-11H2,1-3H3. The van der Waals surface area contributed by atoms with Crippen molar-refractivity contribution in [2.75, 3.05) is 25.1 Å². The van der Waals surface area contributed by atoms with Crippen molar-refractivity contribution in [2.45, 2.75) is 31.7 Å². The first-order chi connectivity index (χ1) is 9.53. The molecule has 0 atom stereocenters. The molecule has 0 radical (unpaired) electrons. The fourth-order valence-electron chi connectivity index (χ4n) is 1.90. The Balaban J connectivity index is 2.87. The van der Waals surface area contributed by atoms with Crippen LogP contribution in [0.4, 0.5) is 0 Å². The van der Waals surface area contributed by atoms with Crippen LogP contribution in [0.5, 0.6) is 0 Å². The van der Waals surface area contributed by atoms with Crippen molar-refractivity contribution < 1.29 is 8.42 Å². The van der Waals surface area contributed by atoms with Crippen LogP contribution < -0.4 is 10.0 Å². The Kier molecular flexibility index (Phi) is 7.58. The smallest absolute Gasteiger partial charge is 0.240 e. The van der Waals surface area contributed by atoms with E-state index in [1.807, 2.05) is 19.2 Å². The Morgan fingerprint density at radius 1 is 1.25 bits per heavy atom. The number of rotatable bonds is 9. The van der Waals surface area contributed by atoms with Gasteiger partial charge < -0.3 is 5.32 Å². The van der Waals surface area contributed by atoms with Crippen molar-refractivity contribution in [3.05, 3.63) is 29.3 Å². The van der Waals surface area contributed by atoms with Crippen molar-refractivity contribution in [2.24, 2.45) is 0 Å². The van der Waals surface area contributed by atoms with E-state index in [0.717, 1.165) is 29.8 Å². The zero-order valence-electron chi connectivity index (χ0n) is 12.4. The lowest BCUT2D eigenvalue weighted by Crippen LogP contribution is -2.27. The lowest BCUT2D eigenvalue weighted by Gasteiger charge is -2.13. The van der Waals surface area contributed by atoms with E-state index in [-0.39, 0.29) is 0 Å². The largest absolute Gasteiger partial charge is 0.313 e. The Bertz CT molecular complexity index is 516. The quantitative estimate of drug-likeness (QED) is 0.685. The Morgan fingerprint density at radius 3 is 2.65 bits per heavy atom. The molecule has 0 saturated heterocycles. The molecule has 20 heavy (non-hydrogen) atoms. The van der Waals surface area contributed by atoms with Crippen molar-refractivity contribution in [1.29, 1.82) is 0 Å². The number of nitrogens with one attached hydrogen (secondary N) is 2. The van der Waals surface area contributed by atoms with Crippen molar-refractivity contribution >= 4 is 21.8 Å². The summed E-state index contributed by atoms with van der Waals surface area (Å²) in [6, 6.07) is 5.44. The number of thioether (sulfide) groups is 1. The maximum absolute atomic E-state index is 12.3. The van der Waals surface area contributed by atoms with Gasteiger partial charge in [-0.15, -0.1) is 0 Å². The van der Waals surface area contributed by atoms with Crippen LogP contribution in [-0.4, -0.2) is 33.5 Å². The lowest BCUT2D eigenvalue weighted by atomic mass is 10.1. The molecule has 0 heterocycles. The predicted molar refractivity (Wildman–Crippen MR) is 86.7 cm³/mol. The Labute approximate surface area is 126 Å². The lowest BCUT2D eigenvalue weighted by molar-refractivity contribution is 0.583. The van der Waals surface area contributed by atoms with Crippen LogP contribution in [-0.2, 0) is 16.6 Å². The number of benzene rings is 1. The van der Waals surface area contributed by atoms with Crippen LogP contribution in [0.25, 0.3) is 0 Å². The third-order valence-corrected chi connectivity index (χ3v) is 5.24. The monoisotopic (exact) mass is 316 g/mol. The molecule has 0 amide bonds. The average molecular weight is 316 g/mol. The predicted octanol–water partition coefficient (Wildman–Crippen LogP) is 2.14. The molecule has 2 N–H and O–H groups in total. The summed E-state index contributed by atoms with van der Waals surface area (Å²) in [5, 5.41) is 3.30. The Hall–Kier alpha value is -0.560. The molecule has 1 rings (SSSR count). The van der Waals surface area contributed by atoms with Crippen molar-refractivity contribution in [3.8, 4) is 0 Å². The Morgan fingerprint density at radius 2 is 2.00 bits per heavy atom. The highest BCUT2D eigenvalue weighted by molar-refractivity contribution is 7.98. The normalized spacial score (nSPS) is 11.8. The first kappa shape index (κ1) is 17.5. The minimum absolute atomic E-state index is 0.384. The molecule has 6 heteroatoms. The summed E-state index contributed by atoms with van der Waals surface area (Å²) in [5.74, 6) is 0.774.